The van der Waals surface area contributed by atoms with Gasteiger partial charge < -0.3 is 11.1 Å². The second-order valence-electron chi connectivity index (χ2n) is 5.42. The molecule has 0 saturated heterocycles. The van der Waals surface area contributed by atoms with Crippen LogP contribution in [0.25, 0.3) is 0 Å². The predicted molar refractivity (Wildman–Crippen MR) is 80.2 cm³/mol. The summed E-state index contributed by atoms with van der Waals surface area (Å²) in [5.41, 5.74) is 7.95. The fourth-order valence-electron chi connectivity index (χ4n) is 2.01. The highest BCUT2D eigenvalue weighted by Crippen LogP contribution is 2.22. The summed E-state index contributed by atoms with van der Waals surface area (Å²) in [5, 5.41) is 2.89. The van der Waals surface area contributed by atoms with Gasteiger partial charge in [-0.1, -0.05) is 45.0 Å². The number of rotatable bonds is 7. The van der Waals surface area contributed by atoms with Crippen molar-refractivity contribution in [3.05, 3.63) is 35.4 Å². The summed E-state index contributed by atoms with van der Waals surface area (Å²) in [6.45, 7) is 7.75. The van der Waals surface area contributed by atoms with Crippen molar-refractivity contribution >= 4 is 5.91 Å². The first-order valence-electron chi connectivity index (χ1n) is 7.11. The molecule has 1 amide bonds. The van der Waals surface area contributed by atoms with E-state index in [-0.39, 0.29) is 11.8 Å². The van der Waals surface area contributed by atoms with Crippen LogP contribution in [0.5, 0.6) is 0 Å². The maximum Gasteiger partial charge on any atom is 0.220 e. The molecule has 106 valence electrons. The molecule has 0 aliphatic carbocycles. The van der Waals surface area contributed by atoms with Gasteiger partial charge in [-0.2, -0.15) is 0 Å². The van der Waals surface area contributed by atoms with Crippen LogP contribution in [0.2, 0.25) is 0 Å². The third-order valence-electron chi connectivity index (χ3n) is 3.37. The first kappa shape index (κ1) is 15.7. The molecule has 1 rings (SSSR count). The molecule has 0 heterocycles. The molecule has 0 aliphatic heterocycles. The lowest BCUT2D eigenvalue weighted by molar-refractivity contribution is -0.121. The number of hydrogen-bond donors (Lipinski definition) is 2. The minimum absolute atomic E-state index is 0.105. The number of amides is 1. The molecule has 1 aromatic rings. The van der Waals surface area contributed by atoms with Crippen molar-refractivity contribution in [2.75, 3.05) is 13.1 Å². The van der Waals surface area contributed by atoms with E-state index < -0.39 is 0 Å². The lowest BCUT2D eigenvalue weighted by Crippen LogP contribution is -2.26. The van der Waals surface area contributed by atoms with Crippen LogP contribution in [-0.2, 0) is 4.79 Å². The van der Waals surface area contributed by atoms with E-state index in [4.69, 9.17) is 5.73 Å². The quantitative estimate of drug-likeness (QED) is 0.742. The minimum atomic E-state index is 0.105. The van der Waals surface area contributed by atoms with Crippen molar-refractivity contribution in [2.24, 2.45) is 5.73 Å². The molecule has 0 aliphatic rings. The Balaban J connectivity index is 2.48. The molecular weight excluding hydrogens is 236 g/mol. The molecule has 0 saturated carbocycles. The molecule has 1 atom stereocenters. The molecule has 3 nitrogen and oxygen atoms in total. The molecule has 3 N–H and O–H groups in total. The van der Waals surface area contributed by atoms with E-state index in [0.717, 1.165) is 6.42 Å². The van der Waals surface area contributed by atoms with Gasteiger partial charge in [0.05, 0.1) is 0 Å². The third-order valence-corrected chi connectivity index (χ3v) is 3.37. The Morgan fingerprint density at radius 3 is 2.26 bits per heavy atom. The number of carbonyl (C=O) groups is 1. The van der Waals surface area contributed by atoms with Crippen molar-refractivity contribution in [3.8, 4) is 0 Å². The second kappa shape index (κ2) is 7.95. The van der Waals surface area contributed by atoms with Gasteiger partial charge in [0.2, 0.25) is 5.91 Å². The Morgan fingerprint density at radius 2 is 1.74 bits per heavy atom. The van der Waals surface area contributed by atoms with Crippen LogP contribution in [0.1, 0.15) is 56.6 Å². The molecule has 1 aromatic carbocycles. The summed E-state index contributed by atoms with van der Waals surface area (Å²) in [4.78, 5) is 11.7. The Hall–Kier alpha value is -1.35. The Kier molecular flexibility index (Phi) is 6.57. The lowest BCUT2D eigenvalue weighted by atomic mass is 9.94. The zero-order valence-corrected chi connectivity index (χ0v) is 12.3. The molecule has 19 heavy (non-hydrogen) atoms. The van der Waals surface area contributed by atoms with E-state index in [1.165, 1.54) is 11.1 Å². The molecular formula is C16H26N2O. The molecule has 3 heteroatoms. The van der Waals surface area contributed by atoms with Crippen LogP contribution in [0, 0.1) is 0 Å². The highest BCUT2D eigenvalue weighted by Gasteiger charge is 2.11. The van der Waals surface area contributed by atoms with Crippen molar-refractivity contribution in [1.82, 2.24) is 5.32 Å². The van der Waals surface area contributed by atoms with Crippen LogP contribution in [-0.4, -0.2) is 19.0 Å². The zero-order chi connectivity index (χ0) is 14.3. The van der Waals surface area contributed by atoms with E-state index >= 15 is 0 Å². The molecule has 0 bridgehead atoms. The first-order chi connectivity index (χ1) is 9.04. The van der Waals surface area contributed by atoms with Gasteiger partial charge in [0.1, 0.15) is 0 Å². The average molecular weight is 262 g/mol. The summed E-state index contributed by atoms with van der Waals surface area (Å²) in [7, 11) is 0. The molecule has 0 radical (unpaired) electrons. The molecule has 0 spiro atoms. The van der Waals surface area contributed by atoms with E-state index in [1.54, 1.807) is 0 Å². The number of benzene rings is 1. The summed E-state index contributed by atoms with van der Waals surface area (Å²) < 4.78 is 0. The van der Waals surface area contributed by atoms with Gasteiger partial charge in [0.25, 0.3) is 0 Å². The normalized spacial score (nSPS) is 12.5. The number of nitrogens with one attached hydrogen (secondary N) is 1. The lowest BCUT2D eigenvalue weighted by Gasteiger charge is -2.13. The third kappa shape index (κ3) is 5.43. The van der Waals surface area contributed by atoms with Gasteiger partial charge >= 0.3 is 0 Å². The van der Waals surface area contributed by atoms with E-state index in [1.807, 2.05) is 0 Å². The second-order valence-corrected chi connectivity index (χ2v) is 5.42. The summed E-state index contributed by atoms with van der Waals surface area (Å²) in [6, 6.07) is 8.58. The first-order valence-corrected chi connectivity index (χ1v) is 7.11. The van der Waals surface area contributed by atoms with Gasteiger partial charge in [-0.15, -0.1) is 0 Å². The van der Waals surface area contributed by atoms with Crippen LogP contribution in [0.3, 0.4) is 0 Å². The number of hydrogen-bond acceptors (Lipinski definition) is 2. The van der Waals surface area contributed by atoms with Gasteiger partial charge in [-0.05, 0) is 35.9 Å². The number of carbonyl (C=O) groups excluding carboxylic acids is 1. The highest BCUT2D eigenvalue weighted by molar-refractivity contribution is 5.76. The van der Waals surface area contributed by atoms with E-state index in [9.17, 15) is 4.79 Å². The standard InChI is InChI=1S/C16H26N2O/c1-12(2)14-5-7-15(8-6-14)13(3)11-16(19)18-10-4-9-17/h5-8,12-13H,4,9-11,17H2,1-3H3,(H,18,19). The van der Waals surface area contributed by atoms with Crippen LogP contribution < -0.4 is 11.1 Å². The van der Waals surface area contributed by atoms with Gasteiger partial charge in [-0.25, -0.2) is 0 Å². The summed E-state index contributed by atoms with van der Waals surface area (Å²) in [6.07, 6.45) is 1.37. The zero-order valence-electron chi connectivity index (χ0n) is 12.3. The molecule has 1 unspecified atom stereocenters. The van der Waals surface area contributed by atoms with Crippen molar-refractivity contribution < 1.29 is 4.79 Å². The monoisotopic (exact) mass is 262 g/mol. The largest absolute Gasteiger partial charge is 0.356 e. The average Bonchev–Trinajstić information content (AvgIpc) is 2.39. The van der Waals surface area contributed by atoms with Crippen molar-refractivity contribution in [3.63, 3.8) is 0 Å². The maximum atomic E-state index is 11.7. The molecule has 0 aromatic heterocycles. The van der Waals surface area contributed by atoms with Crippen LogP contribution in [0.15, 0.2) is 24.3 Å². The molecule has 0 fully saturated rings. The van der Waals surface area contributed by atoms with Crippen LogP contribution >= 0.6 is 0 Å². The fraction of sp³-hybridized carbons (Fsp3) is 0.562. The van der Waals surface area contributed by atoms with Gasteiger partial charge in [-0.3, -0.25) is 4.79 Å². The van der Waals surface area contributed by atoms with E-state index in [0.29, 0.717) is 25.4 Å². The van der Waals surface area contributed by atoms with Gasteiger partial charge in [0.15, 0.2) is 0 Å². The highest BCUT2D eigenvalue weighted by atomic mass is 16.1. The predicted octanol–water partition coefficient (Wildman–Crippen LogP) is 2.77. The topological polar surface area (TPSA) is 55.1 Å². The number of nitrogens with two attached hydrogens (primary N) is 1. The Bertz CT molecular complexity index is 384. The SMILES string of the molecule is CC(C)c1ccc(C(C)CC(=O)NCCCN)cc1. The van der Waals surface area contributed by atoms with E-state index in [2.05, 4.69) is 50.4 Å². The minimum Gasteiger partial charge on any atom is -0.356 e. The smallest absolute Gasteiger partial charge is 0.220 e. The van der Waals surface area contributed by atoms with Crippen LogP contribution in [0.4, 0.5) is 0 Å². The summed E-state index contributed by atoms with van der Waals surface area (Å²) in [5.74, 6) is 0.900. The Morgan fingerprint density at radius 1 is 1.16 bits per heavy atom. The van der Waals surface area contributed by atoms with Crippen molar-refractivity contribution in [1.29, 1.82) is 0 Å². The van der Waals surface area contributed by atoms with Gasteiger partial charge in [0, 0.05) is 13.0 Å². The maximum absolute atomic E-state index is 11.7. The Labute approximate surface area is 116 Å². The fourth-order valence-corrected chi connectivity index (χ4v) is 2.01. The van der Waals surface area contributed by atoms with Crippen molar-refractivity contribution in [2.45, 2.75) is 45.4 Å². The summed E-state index contributed by atoms with van der Waals surface area (Å²) >= 11 is 0.